The summed E-state index contributed by atoms with van der Waals surface area (Å²) >= 11 is 0. The summed E-state index contributed by atoms with van der Waals surface area (Å²) in [4.78, 5) is 30.7. The van der Waals surface area contributed by atoms with E-state index in [0.29, 0.717) is 17.9 Å². The molecule has 1 fully saturated rings. The summed E-state index contributed by atoms with van der Waals surface area (Å²) in [5.41, 5.74) is 4.32. The second kappa shape index (κ2) is 8.05. The number of rotatable bonds is 5. The maximum Gasteiger partial charge on any atom is 0.321 e. The molecule has 0 radical (unpaired) electrons. The van der Waals surface area contributed by atoms with Crippen molar-refractivity contribution in [3.05, 3.63) is 75.8 Å². The largest absolute Gasteiger partial charge is 0.338 e. The highest BCUT2D eigenvalue weighted by molar-refractivity contribution is 5.92. The Morgan fingerprint density at radius 1 is 1.17 bits per heavy atom. The van der Waals surface area contributed by atoms with Crippen molar-refractivity contribution < 1.29 is 4.79 Å². The van der Waals surface area contributed by atoms with Gasteiger partial charge in [0.1, 0.15) is 5.65 Å². The van der Waals surface area contributed by atoms with E-state index in [2.05, 4.69) is 22.5 Å². The van der Waals surface area contributed by atoms with E-state index >= 15 is 0 Å². The monoisotopic (exact) mass is 391 g/mol. The fourth-order valence-corrected chi connectivity index (χ4v) is 3.54. The van der Waals surface area contributed by atoms with Crippen LogP contribution in [-0.2, 0) is 6.54 Å². The molecule has 1 aromatic carbocycles. The number of aryl methyl sites for hydroxylation is 1. The molecule has 0 saturated carbocycles. The van der Waals surface area contributed by atoms with Gasteiger partial charge in [-0.25, -0.2) is 9.78 Å². The lowest BCUT2D eigenvalue weighted by Gasteiger charge is -2.27. The van der Waals surface area contributed by atoms with E-state index in [0.717, 1.165) is 36.3 Å². The molecular formula is C22H25N5O2. The summed E-state index contributed by atoms with van der Waals surface area (Å²) < 4.78 is 1.57. The van der Waals surface area contributed by atoms with Crippen LogP contribution in [0.25, 0.3) is 5.65 Å². The molecule has 0 spiro atoms. The van der Waals surface area contributed by atoms with Gasteiger partial charge in [0.2, 0.25) is 0 Å². The minimum absolute atomic E-state index is 0.0426. The van der Waals surface area contributed by atoms with Gasteiger partial charge in [0.15, 0.2) is 0 Å². The molecule has 2 aromatic heterocycles. The quantitative estimate of drug-likeness (QED) is 0.701. The predicted octanol–water partition coefficient (Wildman–Crippen LogP) is 2.77. The molecule has 4 rings (SSSR count). The summed E-state index contributed by atoms with van der Waals surface area (Å²) in [6.45, 7) is 5.99. The molecule has 1 saturated heterocycles. The van der Waals surface area contributed by atoms with E-state index in [4.69, 9.17) is 0 Å². The Morgan fingerprint density at radius 2 is 1.97 bits per heavy atom. The van der Waals surface area contributed by atoms with E-state index < -0.39 is 0 Å². The third kappa shape index (κ3) is 4.14. The average Bonchev–Trinajstić information content (AvgIpc) is 2.73. The molecule has 3 heterocycles. The number of pyridine rings is 1. The SMILES string of the molecule is Cc1ccc2nc(CNC(C)c3ccc(N4CCCNC4=O)cc3)cc(=O)n2c1. The van der Waals surface area contributed by atoms with Gasteiger partial charge in [0, 0.05) is 43.6 Å². The Hall–Kier alpha value is -3.19. The number of benzene rings is 1. The number of carbonyl (C=O) groups excluding carboxylic acids is 1. The van der Waals surface area contributed by atoms with E-state index in [-0.39, 0.29) is 17.6 Å². The molecule has 1 aliphatic heterocycles. The highest BCUT2D eigenvalue weighted by Crippen LogP contribution is 2.21. The van der Waals surface area contributed by atoms with Gasteiger partial charge in [-0.05, 0) is 49.6 Å². The number of amides is 2. The minimum atomic E-state index is -0.0766. The zero-order valence-electron chi connectivity index (χ0n) is 16.7. The molecular weight excluding hydrogens is 366 g/mol. The highest BCUT2D eigenvalue weighted by atomic mass is 16.2. The Balaban J connectivity index is 1.44. The lowest BCUT2D eigenvalue weighted by atomic mass is 10.1. The van der Waals surface area contributed by atoms with Gasteiger partial charge in [-0.2, -0.15) is 0 Å². The van der Waals surface area contributed by atoms with E-state index in [1.54, 1.807) is 21.6 Å². The van der Waals surface area contributed by atoms with Crippen LogP contribution in [0.5, 0.6) is 0 Å². The van der Waals surface area contributed by atoms with Crippen LogP contribution in [0.1, 0.15) is 36.2 Å². The summed E-state index contributed by atoms with van der Waals surface area (Å²) in [5, 5.41) is 6.29. The fraction of sp³-hybridized carbons (Fsp3) is 0.318. The summed E-state index contributed by atoms with van der Waals surface area (Å²) in [6.07, 6.45) is 2.75. The van der Waals surface area contributed by atoms with Gasteiger partial charge in [0.25, 0.3) is 5.56 Å². The highest BCUT2D eigenvalue weighted by Gasteiger charge is 2.19. The summed E-state index contributed by atoms with van der Waals surface area (Å²) in [7, 11) is 0. The lowest BCUT2D eigenvalue weighted by molar-refractivity contribution is 0.243. The number of hydrogen-bond acceptors (Lipinski definition) is 4. The molecule has 1 aliphatic rings. The Morgan fingerprint density at radius 3 is 2.72 bits per heavy atom. The molecule has 0 aliphatic carbocycles. The number of urea groups is 1. The van der Waals surface area contributed by atoms with Gasteiger partial charge in [0.05, 0.1) is 5.69 Å². The first kappa shape index (κ1) is 19.1. The standard InChI is InChI=1S/C22H25N5O2/c1-15-4-9-20-25-18(12-21(28)27(20)14-15)13-24-16(2)17-5-7-19(8-6-17)26-11-3-10-23-22(26)29/h4-9,12,14,16,24H,3,10-11,13H2,1-2H3,(H,23,29). The molecule has 3 aromatic rings. The van der Waals surface area contributed by atoms with Crippen LogP contribution in [-0.4, -0.2) is 28.5 Å². The van der Waals surface area contributed by atoms with Crippen LogP contribution < -0.4 is 21.1 Å². The first-order chi connectivity index (χ1) is 14.0. The van der Waals surface area contributed by atoms with Crippen molar-refractivity contribution in [2.75, 3.05) is 18.0 Å². The molecule has 2 N–H and O–H groups in total. The van der Waals surface area contributed by atoms with Crippen LogP contribution in [0, 0.1) is 6.92 Å². The lowest BCUT2D eigenvalue weighted by Crippen LogP contribution is -2.46. The molecule has 29 heavy (non-hydrogen) atoms. The zero-order chi connectivity index (χ0) is 20.4. The second-order valence-corrected chi connectivity index (χ2v) is 7.45. The van der Waals surface area contributed by atoms with Crippen LogP contribution in [0.15, 0.2) is 53.5 Å². The number of hydrogen-bond donors (Lipinski definition) is 2. The molecule has 2 amide bonds. The smallest absolute Gasteiger partial charge is 0.321 e. The molecule has 1 unspecified atom stereocenters. The Bertz CT molecular complexity index is 1090. The topological polar surface area (TPSA) is 78.7 Å². The fourth-order valence-electron chi connectivity index (χ4n) is 3.54. The normalized spacial score (nSPS) is 15.4. The minimum Gasteiger partial charge on any atom is -0.338 e. The van der Waals surface area contributed by atoms with E-state index in [1.165, 1.54) is 0 Å². The van der Waals surface area contributed by atoms with E-state index in [9.17, 15) is 9.59 Å². The first-order valence-electron chi connectivity index (χ1n) is 9.89. The van der Waals surface area contributed by atoms with Crippen LogP contribution in [0.4, 0.5) is 10.5 Å². The van der Waals surface area contributed by atoms with Gasteiger partial charge >= 0.3 is 6.03 Å². The molecule has 150 valence electrons. The van der Waals surface area contributed by atoms with Gasteiger partial charge in [-0.1, -0.05) is 18.2 Å². The number of nitrogens with one attached hydrogen (secondary N) is 2. The van der Waals surface area contributed by atoms with Crippen molar-refractivity contribution in [2.45, 2.75) is 32.9 Å². The Labute approximate surface area is 169 Å². The summed E-state index contributed by atoms with van der Waals surface area (Å²) in [5.74, 6) is 0. The number of carbonyl (C=O) groups is 1. The van der Waals surface area contributed by atoms with Gasteiger partial charge in [-0.15, -0.1) is 0 Å². The Kier molecular flexibility index (Phi) is 5.31. The van der Waals surface area contributed by atoms with Crippen LogP contribution in [0.3, 0.4) is 0 Å². The van der Waals surface area contributed by atoms with Crippen molar-refractivity contribution in [3.8, 4) is 0 Å². The number of fused-ring (bicyclic) bond motifs is 1. The average molecular weight is 391 g/mol. The van der Waals surface area contributed by atoms with Crippen molar-refractivity contribution in [3.63, 3.8) is 0 Å². The molecule has 1 atom stereocenters. The van der Waals surface area contributed by atoms with Crippen molar-refractivity contribution >= 4 is 17.4 Å². The molecule has 0 bridgehead atoms. The van der Waals surface area contributed by atoms with E-state index in [1.807, 2.05) is 43.3 Å². The third-order valence-electron chi connectivity index (χ3n) is 5.23. The number of nitrogens with zero attached hydrogens (tertiary/aromatic N) is 3. The number of anilines is 1. The maximum atomic E-state index is 12.3. The third-order valence-corrected chi connectivity index (χ3v) is 5.23. The van der Waals surface area contributed by atoms with Gasteiger partial charge < -0.3 is 10.6 Å². The van der Waals surface area contributed by atoms with Crippen LogP contribution >= 0.6 is 0 Å². The summed E-state index contributed by atoms with van der Waals surface area (Å²) in [6, 6.07) is 13.4. The van der Waals surface area contributed by atoms with Gasteiger partial charge in [-0.3, -0.25) is 14.1 Å². The van der Waals surface area contributed by atoms with Crippen LogP contribution in [0.2, 0.25) is 0 Å². The number of aromatic nitrogens is 2. The van der Waals surface area contributed by atoms with Crippen molar-refractivity contribution in [1.29, 1.82) is 0 Å². The van der Waals surface area contributed by atoms with Crippen molar-refractivity contribution in [2.24, 2.45) is 0 Å². The molecule has 7 heteroatoms. The maximum absolute atomic E-state index is 12.3. The predicted molar refractivity (Wildman–Crippen MR) is 113 cm³/mol. The second-order valence-electron chi connectivity index (χ2n) is 7.45. The van der Waals surface area contributed by atoms with Crippen molar-refractivity contribution in [1.82, 2.24) is 20.0 Å². The molecule has 7 nitrogen and oxygen atoms in total. The zero-order valence-corrected chi connectivity index (χ0v) is 16.7. The first-order valence-corrected chi connectivity index (χ1v) is 9.89.